The van der Waals surface area contributed by atoms with Crippen molar-refractivity contribution in [1.82, 2.24) is 10.6 Å². The van der Waals surface area contributed by atoms with Crippen LogP contribution in [0.5, 0.6) is 0 Å². The Morgan fingerprint density at radius 2 is 1.87 bits per heavy atom. The van der Waals surface area contributed by atoms with E-state index in [1.165, 1.54) is 5.56 Å². The highest BCUT2D eigenvalue weighted by molar-refractivity contribution is 6.01. The lowest BCUT2D eigenvalue weighted by atomic mass is 9.80. The highest BCUT2D eigenvalue weighted by Crippen LogP contribution is 2.32. The topological polar surface area (TPSA) is 70.2 Å². The van der Waals surface area contributed by atoms with Gasteiger partial charge in [-0.05, 0) is 63.3 Å². The van der Waals surface area contributed by atoms with Gasteiger partial charge in [0, 0.05) is 17.6 Å². The van der Waals surface area contributed by atoms with Crippen molar-refractivity contribution < 1.29 is 9.59 Å². The van der Waals surface area contributed by atoms with Crippen molar-refractivity contribution in [3.8, 4) is 0 Å². The van der Waals surface area contributed by atoms with Gasteiger partial charge in [-0.25, -0.2) is 0 Å². The van der Waals surface area contributed by atoms with Crippen LogP contribution in [-0.4, -0.2) is 29.9 Å². The van der Waals surface area contributed by atoms with Crippen LogP contribution < -0.4 is 16.0 Å². The van der Waals surface area contributed by atoms with Crippen molar-refractivity contribution in [2.24, 2.45) is 0 Å². The lowest BCUT2D eigenvalue weighted by Gasteiger charge is -2.36. The second-order valence-electron chi connectivity index (χ2n) is 7.27. The lowest BCUT2D eigenvalue weighted by Crippen LogP contribution is -2.47. The van der Waals surface area contributed by atoms with Crippen LogP contribution in [-0.2, 0) is 9.59 Å². The van der Waals surface area contributed by atoms with Crippen molar-refractivity contribution in [2.75, 3.05) is 11.9 Å². The molecule has 2 saturated heterocycles. The molecule has 2 amide bonds. The number of rotatable bonds is 3. The molecule has 2 atom stereocenters. The Morgan fingerprint density at radius 1 is 1.13 bits per heavy atom. The van der Waals surface area contributed by atoms with E-state index < -0.39 is 0 Å². The van der Waals surface area contributed by atoms with Gasteiger partial charge >= 0.3 is 0 Å². The maximum absolute atomic E-state index is 11.8. The maximum atomic E-state index is 11.8. The van der Waals surface area contributed by atoms with Gasteiger partial charge in [0.2, 0.25) is 11.8 Å². The lowest BCUT2D eigenvalue weighted by molar-refractivity contribution is -0.133. The Kier molecular flexibility index (Phi) is 4.39. The molecular formula is C18H25N3O2. The predicted molar refractivity (Wildman–Crippen MR) is 90.3 cm³/mol. The summed E-state index contributed by atoms with van der Waals surface area (Å²) in [7, 11) is 0. The van der Waals surface area contributed by atoms with Gasteiger partial charge in [-0.2, -0.15) is 0 Å². The summed E-state index contributed by atoms with van der Waals surface area (Å²) in [4.78, 5) is 23.0. The minimum atomic E-state index is -0.323. The first-order valence-corrected chi connectivity index (χ1v) is 8.38. The van der Waals surface area contributed by atoms with Gasteiger partial charge in [-0.15, -0.1) is 0 Å². The fraction of sp³-hybridized carbons (Fsp3) is 0.556. The molecule has 2 aliphatic rings. The van der Waals surface area contributed by atoms with Crippen LogP contribution >= 0.6 is 0 Å². The van der Waals surface area contributed by atoms with Crippen LogP contribution in [0.4, 0.5) is 5.69 Å². The third-order valence-corrected chi connectivity index (χ3v) is 4.82. The minimum absolute atomic E-state index is 0.183. The molecule has 0 aliphatic carbocycles. The number of amides is 2. The highest BCUT2D eigenvalue weighted by atomic mass is 16.2. The summed E-state index contributed by atoms with van der Waals surface area (Å²) in [6.45, 7) is 5.55. The molecule has 2 fully saturated rings. The molecule has 23 heavy (non-hydrogen) atoms. The minimum Gasteiger partial charge on any atom is -0.374 e. The van der Waals surface area contributed by atoms with E-state index in [4.69, 9.17) is 0 Å². The van der Waals surface area contributed by atoms with E-state index in [0.717, 1.165) is 25.1 Å². The average Bonchev–Trinajstić information content (AvgIpc) is 2.50. The smallest absolute Gasteiger partial charge is 0.249 e. The van der Waals surface area contributed by atoms with E-state index in [9.17, 15) is 9.59 Å². The normalized spacial score (nSPS) is 27.4. The summed E-state index contributed by atoms with van der Waals surface area (Å²) in [5.74, 6) is 0.165. The Labute approximate surface area is 137 Å². The molecule has 2 aliphatic heterocycles. The Bertz CT molecular complexity index is 595. The van der Waals surface area contributed by atoms with E-state index >= 15 is 0 Å². The zero-order valence-corrected chi connectivity index (χ0v) is 13.8. The first-order valence-electron chi connectivity index (χ1n) is 8.38. The molecule has 5 nitrogen and oxygen atoms in total. The number of carbonyl (C=O) groups excluding carboxylic acids is 2. The zero-order chi connectivity index (χ0) is 16.4. The number of nitrogens with one attached hydrogen (secondary N) is 3. The highest BCUT2D eigenvalue weighted by Gasteiger charge is 2.29. The van der Waals surface area contributed by atoms with Crippen LogP contribution in [0.2, 0.25) is 0 Å². The molecule has 124 valence electrons. The first-order chi connectivity index (χ1) is 10.9. The van der Waals surface area contributed by atoms with E-state index in [0.29, 0.717) is 18.8 Å². The Balaban J connectivity index is 1.63. The number of piperidine rings is 2. The molecule has 0 aromatic heterocycles. The molecule has 2 unspecified atom stereocenters. The average molecular weight is 315 g/mol. The third kappa shape index (κ3) is 3.91. The predicted octanol–water partition coefficient (Wildman–Crippen LogP) is 2.15. The van der Waals surface area contributed by atoms with Crippen molar-refractivity contribution in [2.45, 2.75) is 57.0 Å². The molecule has 5 heteroatoms. The van der Waals surface area contributed by atoms with E-state index in [-0.39, 0.29) is 23.4 Å². The van der Waals surface area contributed by atoms with Crippen molar-refractivity contribution in [3.05, 3.63) is 29.8 Å². The van der Waals surface area contributed by atoms with Gasteiger partial charge in [0.1, 0.15) is 6.04 Å². The standard InChI is InChI=1S/C18H25N3O2/c1-18(2)11-13(9-10-19-18)12-3-5-14(6-4-12)20-15-7-8-16(22)21-17(15)23/h3-6,13,15,19-20H,7-11H2,1-2H3,(H,21,22,23). The summed E-state index contributed by atoms with van der Waals surface area (Å²) in [5, 5.41) is 9.14. The fourth-order valence-electron chi connectivity index (χ4n) is 3.54. The molecule has 1 aromatic carbocycles. The molecule has 1 aromatic rings. The van der Waals surface area contributed by atoms with Gasteiger partial charge in [0.15, 0.2) is 0 Å². The largest absolute Gasteiger partial charge is 0.374 e. The Morgan fingerprint density at radius 3 is 2.52 bits per heavy atom. The van der Waals surface area contributed by atoms with Crippen LogP contribution in [0.15, 0.2) is 24.3 Å². The number of anilines is 1. The van der Waals surface area contributed by atoms with E-state index in [1.54, 1.807) is 0 Å². The monoisotopic (exact) mass is 315 g/mol. The van der Waals surface area contributed by atoms with Crippen molar-refractivity contribution >= 4 is 17.5 Å². The number of imide groups is 1. The fourth-order valence-corrected chi connectivity index (χ4v) is 3.54. The number of hydrogen-bond donors (Lipinski definition) is 3. The van der Waals surface area contributed by atoms with Gasteiger partial charge in [0.25, 0.3) is 0 Å². The van der Waals surface area contributed by atoms with Gasteiger partial charge in [-0.1, -0.05) is 12.1 Å². The summed E-state index contributed by atoms with van der Waals surface area (Å²) >= 11 is 0. The molecule has 2 heterocycles. The van der Waals surface area contributed by atoms with Crippen molar-refractivity contribution in [1.29, 1.82) is 0 Å². The summed E-state index contributed by atoms with van der Waals surface area (Å²) in [5.41, 5.74) is 2.47. The summed E-state index contributed by atoms with van der Waals surface area (Å²) in [6.07, 6.45) is 3.23. The number of hydrogen-bond acceptors (Lipinski definition) is 4. The van der Waals surface area contributed by atoms with Gasteiger partial charge in [0.05, 0.1) is 0 Å². The van der Waals surface area contributed by atoms with Crippen LogP contribution in [0.1, 0.15) is 51.0 Å². The van der Waals surface area contributed by atoms with Crippen LogP contribution in [0.3, 0.4) is 0 Å². The van der Waals surface area contributed by atoms with Crippen LogP contribution in [0.25, 0.3) is 0 Å². The second kappa shape index (κ2) is 6.32. The molecule has 3 rings (SSSR count). The summed E-state index contributed by atoms with van der Waals surface area (Å²) in [6, 6.07) is 8.05. The number of carbonyl (C=O) groups is 2. The Hall–Kier alpha value is -1.88. The van der Waals surface area contributed by atoms with E-state index in [2.05, 4.69) is 41.9 Å². The molecule has 0 spiro atoms. The first kappa shape index (κ1) is 16.0. The summed E-state index contributed by atoms with van der Waals surface area (Å²) < 4.78 is 0. The van der Waals surface area contributed by atoms with Gasteiger partial charge in [-0.3, -0.25) is 14.9 Å². The number of benzene rings is 1. The second-order valence-corrected chi connectivity index (χ2v) is 7.27. The quantitative estimate of drug-likeness (QED) is 0.748. The molecule has 0 radical (unpaired) electrons. The molecular weight excluding hydrogens is 290 g/mol. The van der Waals surface area contributed by atoms with Crippen molar-refractivity contribution in [3.63, 3.8) is 0 Å². The third-order valence-electron chi connectivity index (χ3n) is 4.82. The maximum Gasteiger partial charge on any atom is 0.249 e. The molecule has 0 saturated carbocycles. The molecule has 0 bridgehead atoms. The van der Waals surface area contributed by atoms with Crippen LogP contribution in [0, 0.1) is 0 Å². The SMILES string of the molecule is CC1(C)CC(c2ccc(NC3CCC(=O)NC3=O)cc2)CCN1. The van der Waals surface area contributed by atoms with Gasteiger partial charge < -0.3 is 10.6 Å². The van der Waals surface area contributed by atoms with E-state index in [1.807, 2.05) is 12.1 Å². The molecule has 3 N–H and O–H groups in total. The zero-order valence-electron chi connectivity index (χ0n) is 13.8.